The second-order valence-corrected chi connectivity index (χ2v) is 6.13. The number of hydrogen-bond donors (Lipinski definition) is 1. The van der Waals surface area contributed by atoms with Crippen molar-refractivity contribution in [3.05, 3.63) is 48.3 Å². The maximum absolute atomic E-state index is 12.5. The molecular formula is C18H21N5O3. The Kier molecular flexibility index (Phi) is 5.43. The Morgan fingerprint density at radius 2 is 1.69 bits per heavy atom. The lowest BCUT2D eigenvalue weighted by atomic mass is 10.2. The van der Waals surface area contributed by atoms with E-state index in [2.05, 4.69) is 14.9 Å². The van der Waals surface area contributed by atoms with Gasteiger partial charge < -0.3 is 14.9 Å². The summed E-state index contributed by atoms with van der Waals surface area (Å²) in [6.07, 6.45) is 2.63. The summed E-state index contributed by atoms with van der Waals surface area (Å²) in [6.45, 7) is 3.18. The molecule has 1 aliphatic rings. The van der Waals surface area contributed by atoms with Crippen molar-refractivity contribution in [3.8, 4) is 0 Å². The molecule has 1 aromatic heterocycles. The Morgan fingerprint density at radius 3 is 2.27 bits per heavy atom. The van der Waals surface area contributed by atoms with Gasteiger partial charge in [-0.05, 0) is 12.1 Å². The van der Waals surface area contributed by atoms with E-state index in [9.17, 15) is 9.59 Å². The number of rotatable bonds is 5. The van der Waals surface area contributed by atoms with E-state index in [1.54, 1.807) is 11.9 Å². The zero-order valence-electron chi connectivity index (χ0n) is 14.6. The Bertz CT molecular complexity index is 758. The zero-order valence-corrected chi connectivity index (χ0v) is 14.6. The molecule has 0 aliphatic carbocycles. The Morgan fingerprint density at radius 1 is 1.08 bits per heavy atom. The molecule has 0 unspecified atom stereocenters. The molecule has 8 nitrogen and oxygen atoms in total. The van der Waals surface area contributed by atoms with Crippen molar-refractivity contribution in [2.75, 3.05) is 49.6 Å². The summed E-state index contributed by atoms with van der Waals surface area (Å²) < 4.78 is 0. The summed E-state index contributed by atoms with van der Waals surface area (Å²) in [5.74, 6) is -0.475. The number of likely N-dealkylation sites (N-methyl/N-ethyl adjacent to an activating group) is 1. The van der Waals surface area contributed by atoms with Crippen LogP contribution in [-0.2, 0) is 4.79 Å². The van der Waals surface area contributed by atoms with Crippen LogP contribution < -0.4 is 9.80 Å². The maximum atomic E-state index is 12.5. The van der Waals surface area contributed by atoms with Gasteiger partial charge in [-0.3, -0.25) is 9.69 Å². The minimum Gasteiger partial charge on any atom is -0.478 e. The summed E-state index contributed by atoms with van der Waals surface area (Å²) in [7, 11) is 1.78. The summed E-state index contributed by atoms with van der Waals surface area (Å²) >= 11 is 0. The number of aromatic carboxylic acids is 1. The van der Waals surface area contributed by atoms with E-state index in [1.807, 2.05) is 35.2 Å². The number of carbonyl (C=O) groups excluding carboxylic acids is 1. The molecule has 1 saturated heterocycles. The minimum absolute atomic E-state index is 0.0479. The van der Waals surface area contributed by atoms with Gasteiger partial charge >= 0.3 is 5.97 Å². The molecule has 2 aromatic rings. The lowest BCUT2D eigenvalue weighted by Gasteiger charge is -2.34. The third-order valence-corrected chi connectivity index (χ3v) is 4.42. The molecule has 0 saturated carbocycles. The van der Waals surface area contributed by atoms with Crippen LogP contribution >= 0.6 is 0 Å². The molecule has 3 rings (SSSR count). The molecule has 26 heavy (non-hydrogen) atoms. The van der Waals surface area contributed by atoms with Crippen LogP contribution in [0, 0.1) is 0 Å². The van der Waals surface area contributed by atoms with Gasteiger partial charge in [0.1, 0.15) is 0 Å². The van der Waals surface area contributed by atoms with Gasteiger partial charge in [0.15, 0.2) is 0 Å². The number of amides is 1. The van der Waals surface area contributed by atoms with Crippen molar-refractivity contribution in [2.45, 2.75) is 0 Å². The van der Waals surface area contributed by atoms with Crippen LogP contribution in [0.15, 0.2) is 42.7 Å². The summed E-state index contributed by atoms with van der Waals surface area (Å²) in [5.41, 5.74) is 0.949. The van der Waals surface area contributed by atoms with Crippen molar-refractivity contribution < 1.29 is 14.7 Å². The van der Waals surface area contributed by atoms with Crippen LogP contribution in [0.3, 0.4) is 0 Å². The third-order valence-electron chi connectivity index (χ3n) is 4.42. The fourth-order valence-electron chi connectivity index (χ4n) is 2.79. The van der Waals surface area contributed by atoms with Crippen LogP contribution in [0.4, 0.5) is 11.6 Å². The summed E-state index contributed by atoms with van der Waals surface area (Å²) in [5, 5.41) is 8.90. The second kappa shape index (κ2) is 7.92. The number of nitrogens with zero attached hydrogens (tertiary/aromatic N) is 5. The number of hydrogen-bond acceptors (Lipinski definition) is 6. The van der Waals surface area contributed by atoms with E-state index in [1.165, 1.54) is 12.4 Å². The normalized spacial score (nSPS) is 14.9. The first-order valence-corrected chi connectivity index (χ1v) is 8.39. The number of carboxylic acid groups (broad SMARTS) is 1. The molecule has 1 amide bonds. The smallest absolute Gasteiger partial charge is 0.338 e. The third kappa shape index (κ3) is 4.15. The first-order valence-electron chi connectivity index (χ1n) is 8.39. The number of aromatic nitrogens is 2. The molecule has 1 aliphatic heterocycles. The molecule has 0 atom stereocenters. The second-order valence-electron chi connectivity index (χ2n) is 6.13. The summed E-state index contributed by atoms with van der Waals surface area (Å²) in [4.78, 5) is 37.3. The molecule has 2 heterocycles. The fraction of sp³-hybridized carbons (Fsp3) is 0.333. The Balaban J connectivity index is 1.52. The average Bonchev–Trinajstić information content (AvgIpc) is 2.68. The lowest BCUT2D eigenvalue weighted by molar-refractivity contribution is -0.119. The first-order chi connectivity index (χ1) is 12.5. The minimum atomic E-state index is -1.04. The van der Waals surface area contributed by atoms with Crippen LogP contribution in [0.5, 0.6) is 0 Å². The number of carboxylic acids is 1. The maximum Gasteiger partial charge on any atom is 0.338 e. The SMILES string of the molecule is CN(C(=O)CN1CCN(c2ncc(C(=O)O)cn2)CC1)c1ccccc1. The standard InChI is InChI=1S/C18H21N5O3/c1-21(15-5-3-2-4-6-15)16(24)13-22-7-9-23(10-8-22)18-19-11-14(12-20-18)17(25)26/h2-6,11-12H,7-10,13H2,1H3,(H,25,26). The van der Waals surface area contributed by atoms with Gasteiger partial charge in [0.25, 0.3) is 0 Å². The fourth-order valence-corrected chi connectivity index (χ4v) is 2.79. The van der Waals surface area contributed by atoms with Crippen molar-refractivity contribution in [1.29, 1.82) is 0 Å². The van der Waals surface area contributed by atoms with Crippen molar-refractivity contribution in [2.24, 2.45) is 0 Å². The van der Waals surface area contributed by atoms with E-state index in [0.29, 0.717) is 25.6 Å². The highest BCUT2D eigenvalue weighted by Crippen LogP contribution is 2.14. The van der Waals surface area contributed by atoms with E-state index in [4.69, 9.17) is 5.11 Å². The van der Waals surface area contributed by atoms with Crippen molar-refractivity contribution in [1.82, 2.24) is 14.9 Å². The van der Waals surface area contributed by atoms with E-state index < -0.39 is 5.97 Å². The molecule has 1 N–H and O–H groups in total. The number of para-hydroxylation sites is 1. The van der Waals surface area contributed by atoms with E-state index in [-0.39, 0.29) is 11.5 Å². The number of carbonyl (C=O) groups is 2. The number of piperazine rings is 1. The van der Waals surface area contributed by atoms with E-state index in [0.717, 1.165) is 18.8 Å². The monoisotopic (exact) mass is 355 g/mol. The molecule has 1 aromatic carbocycles. The highest BCUT2D eigenvalue weighted by Gasteiger charge is 2.22. The largest absolute Gasteiger partial charge is 0.478 e. The molecule has 8 heteroatoms. The molecule has 136 valence electrons. The lowest BCUT2D eigenvalue weighted by Crippen LogP contribution is -2.50. The quantitative estimate of drug-likeness (QED) is 0.854. The molecule has 1 fully saturated rings. The van der Waals surface area contributed by atoms with Crippen molar-refractivity contribution >= 4 is 23.5 Å². The van der Waals surface area contributed by atoms with E-state index >= 15 is 0 Å². The van der Waals surface area contributed by atoms with Gasteiger partial charge in [-0.25, -0.2) is 14.8 Å². The number of benzene rings is 1. The Labute approximate surface area is 151 Å². The number of anilines is 2. The Hall–Kier alpha value is -3.00. The highest BCUT2D eigenvalue weighted by atomic mass is 16.4. The van der Waals surface area contributed by atoms with Crippen LogP contribution in [-0.4, -0.2) is 71.6 Å². The van der Waals surface area contributed by atoms with Gasteiger partial charge in [-0.15, -0.1) is 0 Å². The predicted octanol–water partition coefficient (Wildman–Crippen LogP) is 0.960. The molecular weight excluding hydrogens is 334 g/mol. The van der Waals surface area contributed by atoms with Crippen LogP contribution in [0.2, 0.25) is 0 Å². The molecule has 0 radical (unpaired) electrons. The topological polar surface area (TPSA) is 89.9 Å². The molecule has 0 bridgehead atoms. The molecule has 0 spiro atoms. The first kappa shape index (κ1) is 17.8. The van der Waals surface area contributed by atoms with Gasteiger partial charge in [-0.1, -0.05) is 18.2 Å². The van der Waals surface area contributed by atoms with Crippen molar-refractivity contribution in [3.63, 3.8) is 0 Å². The average molecular weight is 355 g/mol. The van der Waals surface area contributed by atoms with Gasteiger partial charge in [0, 0.05) is 51.3 Å². The van der Waals surface area contributed by atoms with Gasteiger partial charge in [0.05, 0.1) is 12.1 Å². The van der Waals surface area contributed by atoms with Crippen LogP contribution in [0.1, 0.15) is 10.4 Å². The highest BCUT2D eigenvalue weighted by molar-refractivity contribution is 5.94. The predicted molar refractivity (Wildman–Crippen MR) is 97.5 cm³/mol. The van der Waals surface area contributed by atoms with Gasteiger partial charge in [0.2, 0.25) is 11.9 Å². The summed E-state index contributed by atoms with van der Waals surface area (Å²) in [6, 6.07) is 9.56. The van der Waals surface area contributed by atoms with Crippen LogP contribution in [0.25, 0.3) is 0 Å². The zero-order chi connectivity index (χ0) is 18.5. The van der Waals surface area contributed by atoms with Gasteiger partial charge in [-0.2, -0.15) is 0 Å².